The first kappa shape index (κ1) is 24.2. The summed E-state index contributed by atoms with van der Waals surface area (Å²) in [6, 6.07) is 8.08. The summed E-state index contributed by atoms with van der Waals surface area (Å²) in [7, 11) is 0. The lowest BCUT2D eigenvalue weighted by Crippen LogP contribution is -2.44. The summed E-state index contributed by atoms with van der Waals surface area (Å²) in [5.41, 5.74) is 7.93. The number of carbonyl (C=O) groups is 1. The SMILES string of the molecule is CC1CN(Cc2ccc(C(=O)N3CCC(C)(CN)C3)cc2)CC(C)O1.Cl.Cl. The quantitative estimate of drug-likeness (QED) is 0.817. The minimum absolute atomic E-state index is 0. The van der Waals surface area contributed by atoms with Crippen LogP contribution in [0.3, 0.4) is 0 Å². The van der Waals surface area contributed by atoms with Crippen LogP contribution in [0, 0.1) is 5.41 Å². The molecule has 2 fully saturated rings. The van der Waals surface area contributed by atoms with Crippen molar-refractivity contribution in [2.45, 2.75) is 45.9 Å². The third-order valence-electron chi connectivity index (χ3n) is 5.44. The molecule has 3 atom stereocenters. The molecule has 0 aromatic heterocycles. The van der Waals surface area contributed by atoms with E-state index in [1.54, 1.807) is 0 Å². The number of nitrogens with two attached hydrogens (primary N) is 1. The van der Waals surface area contributed by atoms with Crippen LogP contribution in [-0.2, 0) is 11.3 Å². The maximum Gasteiger partial charge on any atom is 0.253 e. The highest BCUT2D eigenvalue weighted by molar-refractivity contribution is 5.94. The summed E-state index contributed by atoms with van der Waals surface area (Å²) in [6.07, 6.45) is 1.54. The van der Waals surface area contributed by atoms with Crippen molar-refractivity contribution in [2.24, 2.45) is 11.1 Å². The Morgan fingerprint density at radius 3 is 2.30 bits per heavy atom. The van der Waals surface area contributed by atoms with Gasteiger partial charge in [0.1, 0.15) is 0 Å². The molecular weight excluding hydrogens is 385 g/mol. The van der Waals surface area contributed by atoms with Crippen molar-refractivity contribution in [3.63, 3.8) is 0 Å². The first-order valence-electron chi connectivity index (χ1n) is 9.35. The normalized spacial score (nSPS) is 28.4. The van der Waals surface area contributed by atoms with Crippen LogP contribution in [0.5, 0.6) is 0 Å². The molecule has 2 saturated heterocycles. The van der Waals surface area contributed by atoms with E-state index in [4.69, 9.17) is 10.5 Å². The van der Waals surface area contributed by atoms with Crippen LogP contribution in [0.25, 0.3) is 0 Å². The monoisotopic (exact) mass is 417 g/mol. The van der Waals surface area contributed by atoms with Crippen molar-refractivity contribution in [3.05, 3.63) is 35.4 Å². The van der Waals surface area contributed by atoms with E-state index in [-0.39, 0.29) is 48.3 Å². The summed E-state index contributed by atoms with van der Waals surface area (Å²) in [5, 5.41) is 0. The Morgan fingerprint density at radius 1 is 1.19 bits per heavy atom. The Morgan fingerprint density at radius 2 is 1.78 bits per heavy atom. The van der Waals surface area contributed by atoms with Crippen LogP contribution >= 0.6 is 24.8 Å². The van der Waals surface area contributed by atoms with E-state index >= 15 is 0 Å². The largest absolute Gasteiger partial charge is 0.373 e. The molecule has 5 nitrogen and oxygen atoms in total. The fourth-order valence-electron chi connectivity index (χ4n) is 3.97. The summed E-state index contributed by atoms with van der Waals surface area (Å²) in [5.74, 6) is 0.123. The number of rotatable bonds is 4. The number of hydrogen-bond acceptors (Lipinski definition) is 4. The first-order chi connectivity index (χ1) is 11.9. The van der Waals surface area contributed by atoms with E-state index in [9.17, 15) is 4.79 Å². The van der Waals surface area contributed by atoms with Crippen molar-refractivity contribution in [2.75, 3.05) is 32.7 Å². The minimum Gasteiger partial charge on any atom is -0.373 e. The van der Waals surface area contributed by atoms with Gasteiger partial charge in [0.05, 0.1) is 12.2 Å². The molecule has 3 unspecified atom stereocenters. The average molecular weight is 418 g/mol. The third-order valence-corrected chi connectivity index (χ3v) is 5.44. The predicted octanol–water partition coefficient (Wildman–Crippen LogP) is 2.95. The molecule has 3 rings (SSSR count). The Hall–Kier alpha value is -0.850. The third kappa shape index (κ3) is 6.06. The molecule has 0 radical (unpaired) electrons. The van der Waals surface area contributed by atoms with Gasteiger partial charge in [0.15, 0.2) is 0 Å². The molecule has 1 amide bonds. The van der Waals surface area contributed by atoms with Gasteiger partial charge < -0.3 is 15.4 Å². The zero-order valence-corrected chi connectivity index (χ0v) is 18.2. The Balaban J connectivity index is 0.00000182. The number of amides is 1. The zero-order chi connectivity index (χ0) is 18.0. The fraction of sp³-hybridized carbons (Fsp3) is 0.650. The molecule has 7 heteroatoms. The van der Waals surface area contributed by atoms with E-state index in [0.29, 0.717) is 6.54 Å². The fourth-order valence-corrected chi connectivity index (χ4v) is 3.97. The lowest BCUT2D eigenvalue weighted by molar-refractivity contribution is -0.0704. The van der Waals surface area contributed by atoms with Crippen molar-refractivity contribution in [1.29, 1.82) is 0 Å². The Kier molecular flexibility index (Phi) is 9.03. The van der Waals surface area contributed by atoms with Crippen LogP contribution in [-0.4, -0.2) is 60.6 Å². The standard InChI is InChI=1S/C20H31N3O2.2ClH/c1-15-10-22(11-16(2)25-15)12-17-4-6-18(7-5-17)19(24)23-9-8-20(3,13-21)14-23;;/h4-7,15-16H,8-14,21H2,1-3H3;2*1H. The van der Waals surface area contributed by atoms with E-state index in [0.717, 1.165) is 44.7 Å². The molecule has 154 valence electrons. The van der Waals surface area contributed by atoms with Crippen molar-refractivity contribution in [3.8, 4) is 0 Å². The van der Waals surface area contributed by atoms with Gasteiger partial charge in [-0.3, -0.25) is 9.69 Å². The number of ether oxygens (including phenoxy) is 1. The van der Waals surface area contributed by atoms with E-state index < -0.39 is 0 Å². The smallest absolute Gasteiger partial charge is 0.253 e. The van der Waals surface area contributed by atoms with E-state index in [1.807, 2.05) is 17.0 Å². The van der Waals surface area contributed by atoms with Gasteiger partial charge in [0.2, 0.25) is 0 Å². The van der Waals surface area contributed by atoms with Gasteiger partial charge in [-0.2, -0.15) is 0 Å². The lowest BCUT2D eigenvalue weighted by Gasteiger charge is -2.35. The molecule has 0 bridgehead atoms. The number of likely N-dealkylation sites (tertiary alicyclic amines) is 1. The summed E-state index contributed by atoms with van der Waals surface area (Å²) >= 11 is 0. The van der Waals surface area contributed by atoms with Crippen LogP contribution < -0.4 is 5.73 Å². The van der Waals surface area contributed by atoms with Gasteiger partial charge in [-0.1, -0.05) is 19.1 Å². The summed E-state index contributed by atoms with van der Waals surface area (Å²) in [6.45, 7) is 11.4. The van der Waals surface area contributed by atoms with Crippen molar-refractivity contribution >= 4 is 30.7 Å². The predicted molar refractivity (Wildman–Crippen MR) is 114 cm³/mol. The highest BCUT2D eigenvalue weighted by Gasteiger charge is 2.35. The lowest BCUT2D eigenvalue weighted by atomic mass is 9.90. The Labute approximate surface area is 175 Å². The molecule has 2 N–H and O–H groups in total. The minimum atomic E-state index is 0. The first-order valence-corrected chi connectivity index (χ1v) is 9.35. The highest BCUT2D eigenvalue weighted by Crippen LogP contribution is 2.29. The number of halogens is 2. The number of benzene rings is 1. The van der Waals surface area contributed by atoms with Gasteiger partial charge in [0, 0.05) is 38.3 Å². The van der Waals surface area contributed by atoms with Crippen molar-refractivity contribution in [1.82, 2.24) is 9.80 Å². The van der Waals surface area contributed by atoms with Crippen molar-refractivity contribution < 1.29 is 9.53 Å². The number of morpholine rings is 1. The molecule has 2 heterocycles. The van der Waals surface area contributed by atoms with Crippen LogP contribution in [0.15, 0.2) is 24.3 Å². The number of carbonyl (C=O) groups excluding carboxylic acids is 1. The van der Waals surface area contributed by atoms with Crippen LogP contribution in [0.2, 0.25) is 0 Å². The maximum absolute atomic E-state index is 12.7. The number of hydrogen-bond donors (Lipinski definition) is 1. The molecule has 1 aromatic rings. The average Bonchev–Trinajstić information content (AvgIpc) is 2.97. The van der Waals surface area contributed by atoms with Gasteiger partial charge >= 0.3 is 0 Å². The molecule has 0 spiro atoms. The summed E-state index contributed by atoms with van der Waals surface area (Å²) < 4.78 is 5.79. The molecule has 27 heavy (non-hydrogen) atoms. The van der Waals surface area contributed by atoms with Crippen LogP contribution in [0.1, 0.15) is 43.1 Å². The van der Waals surface area contributed by atoms with E-state index in [2.05, 4.69) is 37.8 Å². The second-order valence-electron chi connectivity index (χ2n) is 8.14. The Bertz CT molecular complexity index is 604. The molecule has 0 aliphatic carbocycles. The highest BCUT2D eigenvalue weighted by atomic mass is 35.5. The second-order valence-corrected chi connectivity index (χ2v) is 8.14. The molecule has 0 saturated carbocycles. The number of nitrogens with zero attached hydrogens (tertiary/aromatic N) is 2. The van der Waals surface area contributed by atoms with Gasteiger partial charge in [-0.05, 0) is 49.9 Å². The molecule has 2 aliphatic rings. The second kappa shape index (κ2) is 10.1. The topological polar surface area (TPSA) is 58.8 Å². The molecule has 1 aromatic carbocycles. The molecule has 2 aliphatic heterocycles. The van der Waals surface area contributed by atoms with E-state index in [1.165, 1.54) is 5.56 Å². The maximum atomic E-state index is 12.7. The molecular formula is C20H33Cl2N3O2. The van der Waals surface area contributed by atoms with Gasteiger partial charge in [0.25, 0.3) is 5.91 Å². The van der Waals surface area contributed by atoms with Gasteiger partial charge in [-0.15, -0.1) is 24.8 Å². The van der Waals surface area contributed by atoms with Crippen LogP contribution in [0.4, 0.5) is 0 Å². The zero-order valence-electron chi connectivity index (χ0n) is 16.5. The summed E-state index contributed by atoms with van der Waals surface area (Å²) in [4.78, 5) is 17.1. The van der Waals surface area contributed by atoms with Gasteiger partial charge in [-0.25, -0.2) is 0 Å².